The smallest absolute Gasteiger partial charge is 0.203 e. The van der Waals surface area contributed by atoms with E-state index in [9.17, 15) is 0 Å². The molecule has 1 N–H and O–H groups in total. The molecule has 1 aromatic heterocycles. The molecule has 0 radical (unpaired) electrons. The highest BCUT2D eigenvalue weighted by Crippen LogP contribution is 2.28. The van der Waals surface area contributed by atoms with Crippen LogP contribution in [-0.4, -0.2) is 18.3 Å². The summed E-state index contributed by atoms with van der Waals surface area (Å²) in [6.07, 6.45) is 1.73. The van der Waals surface area contributed by atoms with E-state index >= 15 is 0 Å². The third-order valence-electron chi connectivity index (χ3n) is 3.82. The molecule has 0 aliphatic rings. The van der Waals surface area contributed by atoms with Crippen LogP contribution in [0.5, 0.6) is 11.5 Å². The Hall–Kier alpha value is -2.86. The van der Waals surface area contributed by atoms with Gasteiger partial charge in [-0.1, -0.05) is 24.3 Å². The Kier molecular flexibility index (Phi) is 5.86. The summed E-state index contributed by atoms with van der Waals surface area (Å²) in [5.74, 6) is 1.38. The van der Waals surface area contributed by atoms with Crippen LogP contribution in [0.25, 0.3) is 0 Å². The lowest BCUT2D eigenvalue weighted by atomic mass is 10.1. The molecule has 26 heavy (non-hydrogen) atoms. The molecular weight excluding hydrogens is 346 g/mol. The van der Waals surface area contributed by atoms with Gasteiger partial charge >= 0.3 is 0 Å². The van der Waals surface area contributed by atoms with Gasteiger partial charge in [0.15, 0.2) is 11.5 Å². The highest BCUT2D eigenvalue weighted by Gasteiger charge is 2.07. The largest absolute Gasteiger partial charge is 0.493 e. The predicted molar refractivity (Wildman–Crippen MR) is 107 cm³/mol. The number of anilines is 1. The van der Waals surface area contributed by atoms with E-state index in [1.807, 2.05) is 42.6 Å². The predicted octanol–water partition coefficient (Wildman–Crippen LogP) is 4.79. The average Bonchev–Trinajstić information content (AvgIpc) is 3.06. The van der Waals surface area contributed by atoms with Gasteiger partial charge in [0.2, 0.25) is 5.13 Å². The Morgan fingerprint density at radius 1 is 1.15 bits per heavy atom. The number of aryl methyl sites for hydroxylation is 2. The lowest BCUT2D eigenvalue weighted by molar-refractivity contribution is 0.284. The maximum absolute atomic E-state index is 5.99. The van der Waals surface area contributed by atoms with Gasteiger partial charge in [-0.3, -0.25) is 5.43 Å². The van der Waals surface area contributed by atoms with Crippen molar-refractivity contribution in [1.29, 1.82) is 0 Å². The first-order valence-electron chi connectivity index (χ1n) is 8.22. The second kappa shape index (κ2) is 8.49. The molecule has 5 nitrogen and oxygen atoms in total. The summed E-state index contributed by atoms with van der Waals surface area (Å²) < 4.78 is 11.4. The first-order chi connectivity index (χ1) is 12.7. The highest BCUT2D eigenvalue weighted by molar-refractivity contribution is 7.13. The Bertz CT molecular complexity index is 906. The zero-order chi connectivity index (χ0) is 18.4. The van der Waals surface area contributed by atoms with Gasteiger partial charge in [-0.15, -0.1) is 11.3 Å². The summed E-state index contributed by atoms with van der Waals surface area (Å²) in [6.45, 7) is 4.51. The van der Waals surface area contributed by atoms with E-state index in [1.165, 1.54) is 16.9 Å². The zero-order valence-corrected chi connectivity index (χ0v) is 15.8. The molecule has 0 fully saturated rings. The number of nitrogens with zero attached hydrogens (tertiary/aromatic N) is 2. The monoisotopic (exact) mass is 367 g/mol. The van der Waals surface area contributed by atoms with Crippen molar-refractivity contribution in [2.75, 3.05) is 12.5 Å². The van der Waals surface area contributed by atoms with Crippen LogP contribution in [0, 0.1) is 13.8 Å². The van der Waals surface area contributed by atoms with Crippen LogP contribution in [0.3, 0.4) is 0 Å². The molecule has 0 saturated heterocycles. The fourth-order valence-corrected chi connectivity index (χ4v) is 3.02. The van der Waals surface area contributed by atoms with Gasteiger partial charge in [-0.05, 0) is 48.7 Å². The third-order valence-corrected chi connectivity index (χ3v) is 4.69. The SMILES string of the molecule is COc1ccc(C=NNc2nc(C)cs2)cc1OCc1ccccc1C. The summed E-state index contributed by atoms with van der Waals surface area (Å²) in [5, 5.41) is 6.97. The number of rotatable bonds is 7. The molecule has 6 heteroatoms. The van der Waals surface area contributed by atoms with Crippen LogP contribution in [0.15, 0.2) is 52.9 Å². The van der Waals surface area contributed by atoms with Crippen molar-refractivity contribution in [3.8, 4) is 11.5 Å². The molecule has 0 unspecified atom stereocenters. The summed E-state index contributed by atoms with van der Waals surface area (Å²) >= 11 is 1.52. The van der Waals surface area contributed by atoms with Crippen LogP contribution in [0.2, 0.25) is 0 Å². The number of thiazole rings is 1. The maximum Gasteiger partial charge on any atom is 0.203 e. The number of hydrogen-bond acceptors (Lipinski definition) is 6. The van der Waals surface area contributed by atoms with E-state index in [-0.39, 0.29) is 0 Å². The van der Waals surface area contributed by atoms with E-state index in [2.05, 4.69) is 34.6 Å². The summed E-state index contributed by atoms with van der Waals surface area (Å²) in [4.78, 5) is 4.31. The van der Waals surface area contributed by atoms with E-state index in [0.29, 0.717) is 18.1 Å². The number of nitrogens with one attached hydrogen (secondary N) is 1. The van der Waals surface area contributed by atoms with Crippen LogP contribution < -0.4 is 14.9 Å². The van der Waals surface area contributed by atoms with E-state index in [4.69, 9.17) is 9.47 Å². The number of benzene rings is 2. The minimum absolute atomic E-state index is 0.486. The molecule has 3 rings (SSSR count). The van der Waals surface area contributed by atoms with Crippen LogP contribution in [0.1, 0.15) is 22.4 Å². The van der Waals surface area contributed by atoms with Crippen LogP contribution in [-0.2, 0) is 6.61 Å². The minimum Gasteiger partial charge on any atom is -0.493 e. The molecule has 0 aliphatic heterocycles. The fourth-order valence-electron chi connectivity index (χ4n) is 2.38. The van der Waals surface area contributed by atoms with Crippen molar-refractivity contribution in [2.24, 2.45) is 5.10 Å². The van der Waals surface area contributed by atoms with Crippen molar-refractivity contribution in [1.82, 2.24) is 4.98 Å². The van der Waals surface area contributed by atoms with Crippen molar-refractivity contribution < 1.29 is 9.47 Å². The maximum atomic E-state index is 5.99. The van der Waals surface area contributed by atoms with Crippen molar-refractivity contribution in [3.05, 3.63) is 70.2 Å². The second-order valence-electron chi connectivity index (χ2n) is 5.79. The molecule has 0 amide bonds. The number of hydrazone groups is 1. The molecule has 0 aliphatic carbocycles. The van der Waals surface area contributed by atoms with Gasteiger partial charge in [0, 0.05) is 5.38 Å². The van der Waals surface area contributed by atoms with Crippen LogP contribution in [0.4, 0.5) is 5.13 Å². The number of aromatic nitrogens is 1. The van der Waals surface area contributed by atoms with E-state index in [1.54, 1.807) is 13.3 Å². The van der Waals surface area contributed by atoms with Gasteiger partial charge < -0.3 is 9.47 Å². The molecule has 0 bridgehead atoms. The first kappa shape index (κ1) is 17.9. The molecule has 0 spiro atoms. The Morgan fingerprint density at radius 2 is 2.00 bits per heavy atom. The first-order valence-corrected chi connectivity index (χ1v) is 9.10. The molecule has 0 saturated carbocycles. The number of ether oxygens (including phenoxy) is 2. The Labute approximate surface area is 157 Å². The van der Waals surface area contributed by atoms with E-state index < -0.39 is 0 Å². The number of methoxy groups -OCH3 is 1. The van der Waals surface area contributed by atoms with Crippen LogP contribution >= 0.6 is 11.3 Å². The van der Waals surface area contributed by atoms with Gasteiger partial charge in [0.05, 0.1) is 19.0 Å². The minimum atomic E-state index is 0.486. The summed E-state index contributed by atoms with van der Waals surface area (Å²) in [7, 11) is 1.63. The Morgan fingerprint density at radius 3 is 2.73 bits per heavy atom. The topological polar surface area (TPSA) is 55.7 Å². The van der Waals surface area contributed by atoms with E-state index in [0.717, 1.165) is 22.0 Å². The normalized spacial score (nSPS) is 10.9. The second-order valence-corrected chi connectivity index (χ2v) is 6.65. The standard InChI is InChI=1S/C20H21N3O2S/c1-14-6-4-5-7-17(14)12-25-19-10-16(8-9-18(19)24-3)11-21-23-20-22-15(2)13-26-20/h4-11,13H,12H2,1-3H3,(H,22,23). The zero-order valence-electron chi connectivity index (χ0n) is 15.0. The third kappa shape index (κ3) is 4.61. The quantitative estimate of drug-likeness (QED) is 0.482. The van der Waals surface area contributed by atoms with Gasteiger partial charge in [0.25, 0.3) is 0 Å². The lowest BCUT2D eigenvalue weighted by Gasteiger charge is -2.12. The molecule has 0 atom stereocenters. The highest BCUT2D eigenvalue weighted by atomic mass is 32.1. The summed E-state index contributed by atoms with van der Waals surface area (Å²) in [5.41, 5.74) is 7.17. The van der Waals surface area contributed by atoms with Crippen molar-refractivity contribution >= 4 is 22.7 Å². The molecule has 3 aromatic rings. The van der Waals surface area contributed by atoms with Crippen molar-refractivity contribution in [2.45, 2.75) is 20.5 Å². The summed E-state index contributed by atoms with van der Waals surface area (Å²) in [6, 6.07) is 13.9. The molecular formula is C20H21N3O2S. The van der Waals surface area contributed by atoms with Gasteiger partial charge in [-0.25, -0.2) is 4.98 Å². The van der Waals surface area contributed by atoms with Gasteiger partial charge in [-0.2, -0.15) is 5.10 Å². The average molecular weight is 367 g/mol. The molecule has 1 heterocycles. The molecule has 2 aromatic carbocycles. The molecule has 134 valence electrons. The number of hydrogen-bond donors (Lipinski definition) is 1. The van der Waals surface area contributed by atoms with Gasteiger partial charge in [0.1, 0.15) is 6.61 Å². The van der Waals surface area contributed by atoms with Crippen molar-refractivity contribution in [3.63, 3.8) is 0 Å². The Balaban J connectivity index is 1.70. The lowest BCUT2D eigenvalue weighted by Crippen LogP contribution is -2.00. The fraction of sp³-hybridized carbons (Fsp3) is 0.200.